The van der Waals surface area contributed by atoms with Gasteiger partial charge in [-0.3, -0.25) is 9.59 Å². The number of ether oxygens (including phenoxy) is 1. The number of pyridine rings is 1. The molecule has 0 spiro atoms. The average molecular weight is 281 g/mol. The average Bonchev–Trinajstić information content (AvgIpc) is 2.39. The van der Waals surface area contributed by atoms with Crippen LogP contribution in [0.2, 0.25) is 0 Å². The minimum atomic E-state index is -0.172. The van der Waals surface area contributed by atoms with Crippen LogP contribution >= 0.6 is 0 Å². The largest absolute Gasteiger partial charge is 0.383 e. The first-order valence-electron chi connectivity index (χ1n) is 6.69. The Bertz CT molecular complexity index is 497. The van der Waals surface area contributed by atoms with Crippen LogP contribution in [0.25, 0.3) is 0 Å². The lowest BCUT2D eigenvalue weighted by Crippen LogP contribution is -2.31. The maximum atomic E-state index is 11.8. The molecule has 6 heteroatoms. The Hall–Kier alpha value is -1.66. The molecular formula is C14H23N3O3. The number of hydrogen-bond acceptors (Lipinski definition) is 4. The van der Waals surface area contributed by atoms with Crippen molar-refractivity contribution in [1.29, 1.82) is 0 Å². The van der Waals surface area contributed by atoms with Gasteiger partial charge in [0.15, 0.2) is 0 Å². The van der Waals surface area contributed by atoms with E-state index >= 15 is 0 Å². The summed E-state index contributed by atoms with van der Waals surface area (Å²) in [5, 5.41) is 2.75. The third-order valence-electron chi connectivity index (χ3n) is 3.08. The summed E-state index contributed by atoms with van der Waals surface area (Å²) in [5.74, 6) is 0.0968. The summed E-state index contributed by atoms with van der Waals surface area (Å²) in [7, 11) is 1.57. The van der Waals surface area contributed by atoms with Gasteiger partial charge in [0.1, 0.15) is 0 Å². The number of nitrogens with two attached hydrogens (primary N) is 1. The van der Waals surface area contributed by atoms with Gasteiger partial charge in [0.2, 0.25) is 5.91 Å². The third kappa shape index (κ3) is 5.14. The lowest BCUT2D eigenvalue weighted by molar-refractivity contribution is -0.116. The Kier molecular flexibility index (Phi) is 6.41. The van der Waals surface area contributed by atoms with Crippen LogP contribution in [0.5, 0.6) is 0 Å². The highest BCUT2D eigenvalue weighted by Crippen LogP contribution is 2.07. The molecule has 0 aliphatic carbocycles. The molecule has 1 unspecified atom stereocenters. The van der Waals surface area contributed by atoms with E-state index in [-0.39, 0.29) is 29.8 Å². The molecule has 6 nitrogen and oxygen atoms in total. The number of hydrogen-bond donors (Lipinski definition) is 2. The highest BCUT2D eigenvalue weighted by atomic mass is 16.5. The van der Waals surface area contributed by atoms with Gasteiger partial charge < -0.3 is 20.4 Å². The van der Waals surface area contributed by atoms with Gasteiger partial charge in [-0.15, -0.1) is 0 Å². The Labute approximate surface area is 118 Å². The molecule has 1 aromatic heterocycles. The van der Waals surface area contributed by atoms with Crippen LogP contribution in [0, 0.1) is 5.92 Å². The van der Waals surface area contributed by atoms with E-state index < -0.39 is 0 Å². The number of carbonyl (C=O) groups is 1. The second-order valence-corrected chi connectivity index (χ2v) is 5.10. The highest BCUT2D eigenvalue weighted by Gasteiger charge is 2.13. The van der Waals surface area contributed by atoms with Crippen molar-refractivity contribution in [3.63, 3.8) is 0 Å². The van der Waals surface area contributed by atoms with Crippen LogP contribution in [0.15, 0.2) is 23.1 Å². The number of nitrogens with zero attached hydrogens (tertiary/aromatic N) is 1. The summed E-state index contributed by atoms with van der Waals surface area (Å²) in [6, 6.07) is 2.84. The molecular weight excluding hydrogens is 258 g/mol. The molecule has 112 valence electrons. The van der Waals surface area contributed by atoms with Gasteiger partial charge in [-0.05, 0) is 12.0 Å². The molecule has 1 amide bonds. The quantitative estimate of drug-likeness (QED) is 0.774. The molecule has 0 bridgehead atoms. The number of anilines is 1. The molecule has 1 atom stereocenters. The van der Waals surface area contributed by atoms with Crippen molar-refractivity contribution in [2.24, 2.45) is 11.7 Å². The standard InChI is InChI=1S/C14H23N3O3/c1-10(2)12(15)8-13(18)16-11-4-5-14(19)17(9-11)6-7-20-3/h4-5,9-10,12H,6-8,15H2,1-3H3,(H,16,18). The molecule has 0 fully saturated rings. The second-order valence-electron chi connectivity index (χ2n) is 5.10. The van der Waals surface area contributed by atoms with Crippen molar-refractivity contribution in [1.82, 2.24) is 4.57 Å². The van der Waals surface area contributed by atoms with Crippen molar-refractivity contribution in [3.05, 3.63) is 28.7 Å². The number of aromatic nitrogens is 1. The Balaban J connectivity index is 2.68. The number of carbonyl (C=O) groups excluding carboxylic acids is 1. The summed E-state index contributed by atoms with van der Waals surface area (Å²) in [6.45, 7) is 4.84. The number of nitrogens with one attached hydrogen (secondary N) is 1. The van der Waals surface area contributed by atoms with E-state index in [0.717, 1.165) is 0 Å². The predicted octanol–water partition coefficient (Wildman–Crippen LogP) is 0.807. The minimum Gasteiger partial charge on any atom is -0.383 e. The van der Waals surface area contributed by atoms with Crippen LogP contribution in [0.3, 0.4) is 0 Å². The maximum Gasteiger partial charge on any atom is 0.250 e. The van der Waals surface area contributed by atoms with E-state index in [9.17, 15) is 9.59 Å². The Morgan fingerprint density at radius 2 is 2.15 bits per heavy atom. The van der Waals surface area contributed by atoms with E-state index in [2.05, 4.69) is 5.32 Å². The van der Waals surface area contributed by atoms with Gasteiger partial charge >= 0.3 is 0 Å². The topological polar surface area (TPSA) is 86.3 Å². The summed E-state index contributed by atoms with van der Waals surface area (Å²) in [6.07, 6.45) is 1.87. The third-order valence-corrected chi connectivity index (χ3v) is 3.08. The molecule has 1 aromatic rings. The molecule has 1 rings (SSSR count). The lowest BCUT2D eigenvalue weighted by atomic mass is 10.0. The predicted molar refractivity (Wildman–Crippen MR) is 78.6 cm³/mol. The van der Waals surface area contributed by atoms with Crippen molar-refractivity contribution in [2.45, 2.75) is 32.9 Å². The lowest BCUT2D eigenvalue weighted by Gasteiger charge is -2.15. The first-order chi connectivity index (χ1) is 9.43. The van der Waals surface area contributed by atoms with Gasteiger partial charge in [-0.1, -0.05) is 13.8 Å². The summed E-state index contributed by atoms with van der Waals surface area (Å²) < 4.78 is 6.44. The van der Waals surface area contributed by atoms with E-state index in [1.54, 1.807) is 19.4 Å². The van der Waals surface area contributed by atoms with Gasteiger partial charge in [0.25, 0.3) is 5.56 Å². The van der Waals surface area contributed by atoms with Crippen LogP contribution in [0.1, 0.15) is 20.3 Å². The van der Waals surface area contributed by atoms with E-state index in [1.165, 1.54) is 10.6 Å². The monoisotopic (exact) mass is 281 g/mol. The molecule has 0 radical (unpaired) electrons. The van der Waals surface area contributed by atoms with Gasteiger partial charge in [0, 0.05) is 38.4 Å². The maximum absolute atomic E-state index is 11.8. The fraction of sp³-hybridized carbons (Fsp3) is 0.571. The number of amides is 1. The van der Waals surface area contributed by atoms with Gasteiger partial charge in [0.05, 0.1) is 12.3 Å². The van der Waals surface area contributed by atoms with E-state index in [4.69, 9.17) is 10.5 Å². The second kappa shape index (κ2) is 7.81. The fourth-order valence-corrected chi connectivity index (χ4v) is 1.63. The van der Waals surface area contributed by atoms with Crippen LogP contribution < -0.4 is 16.6 Å². The van der Waals surface area contributed by atoms with Crippen molar-refractivity contribution < 1.29 is 9.53 Å². The van der Waals surface area contributed by atoms with Gasteiger partial charge in [-0.2, -0.15) is 0 Å². The molecule has 20 heavy (non-hydrogen) atoms. The molecule has 0 aliphatic heterocycles. The summed E-state index contributed by atoms with van der Waals surface area (Å²) >= 11 is 0. The van der Waals surface area contributed by atoms with E-state index in [1.807, 2.05) is 13.8 Å². The zero-order valence-electron chi connectivity index (χ0n) is 12.3. The molecule has 0 aromatic carbocycles. The Morgan fingerprint density at radius 1 is 1.45 bits per heavy atom. The first-order valence-corrected chi connectivity index (χ1v) is 6.69. The van der Waals surface area contributed by atoms with Gasteiger partial charge in [-0.25, -0.2) is 0 Å². The van der Waals surface area contributed by atoms with Crippen LogP contribution in [0.4, 0.5) is 5.69 Å². The molecule has 0 saturated carbocycles. The molecule has 1 heterocycles. The minimum absolute atomic E-state index is 0.126. The zero-order valence-corrected chi connectivity index (χ0v) is 12.3. The zero-order chi connectivity index (χ0) is 15.1. The molecule has 0 aliphatic rings. The summed E-state index contributed by atoms with van der Waals surface area (Å²) in [4.78, 5) is 23.4. The van der Waals surface area contributed by atoms with Crippen molar-refractivity contribution in [2.75, 3.05) is 19.0 Å². The number of methoxy groups -OCH3 is 1. The molecule has 3 N–H and O–H groups in total. The van der Waals surface area contributed by atoms with Crippen molar-refractivity contribution >= 4 is 11.6 Å². The fourth-order valence-electron chi connectivity index (χ4n) is 1.63. The SMILES string of the molecule is COCCn1cc(NC(=O)CC(N)C(C)C)ccc1=O. The Morgan fingerprint density at radius 3 is 2.75 bits per heavy atom. The van der Waals surface area contributed by atoms with Crippen molar-refractivity contribution in [3.8, 4) is 0 Å². The van der Waals surface area contributed by atoms with E-state index in [0.29, 0.717) is 18.8 Å². The molecule has 0 saturated heterocycles. The van der Waals surface area contributed by atoms with Crippen LogP contribution in [-0.2, 0) is 16.1 Å². The highest BCUT2D eigenvalue weighted by molar-refractivity contribution is 5.90. The summed E-state index contributed by atoms with van der Waals surface area (Å²) in [5.41, 5.74) is 6.32. The normalized spacial score (nSPS) is 12.4. The number of rotatable bonds is 7. The first kappa shape index (κ1) is 16.4. The van der Waals surface area contributed by atoms with Crippen LogP contribution in [-0.4, -0.2) is 30.2 Å². The smallest absolute Gasteiger partial charge is 0.250 e.